The maximum Gasteiger partial charge on any atom is 0.257 e. The summed E-state index contributed by atoms with van der Waals surface area (Å²) >= 11 is 0. The van der Waals surface area contributed by atoms with Gasteiger partial charge in [0, 0.05) is 44.6 Å². The number of hydrogen-bond donors (Lipinski definition) is 0. The van der Waals surface area contributed by atoms with Crippen LogP contribution in [0.25, 0.3) is 0 Å². The minimum Gasteiger partial charge on any atom is -0.472 e. The lowest BCUT2D eigenvalue weighted by molar-refractivity contribution is -0.134. The van der Waals surface area contributed by atoms with Crippen LogP contribution in [0, 0.1) is 11.3 Å². The number of ether oxygens (including phenoxy) is 1. The van der Waals surface area contributed by atoms with E-state index in [1.165, 1.54) is 18.1 Å². The number of benzene rings is 1. The van der Waals surface area contributed by atoms with Crippen molar-refractivity contribution in [3.05, 3.63) is 60.1 Å². The standard InChI is InChI=1S/C22H26N2O4/c1-27-14-20(25)23-11-19-12-24(21(26)18-8-10-28-13-18)16-22(19,15-23)9-7-17-5-3-2-4-6-17/h2-6,8,10,13,19H,7,9,11-12,14-16H2,1H3. The van der Waals surface area contributed by atoms with Crippen LogP contribution in [-0.2, 0) is 16.0 Å². The summed E-state index contributed by atoms with van der Waals surface area (Å²) in [4.78, 5) is 29.1. The number of likely N-dealkylation sites (tertiary alicyclic amines) is 2. The van der Waals surface area contributed by atoms with Crippen LogP contribution in [0.5, 0.6) is 0 Å². The molecule has 1 aromatic heterocycles. The molecule has 0 saturated carbocycles. The van der Waals surface area contributed by atoms with Gasteiger partial charge in [-0.1, -0.05) is 30.3 Å². The maximum atomic E-state index is 12.8. The van der Waals surface area contributed by atoms with Crippen molar-refractivity contribution in [1.29, 1.82) is 0 Å². The average molecular weight is 382 g/mol. The molecule has 28 heavy (non-hydrogen) atoms. The topological polar surface area (TPSA) is 63.0 Å². The van der Waals surface area contributed by atoms with Gasteiger partial charge in [0.2, 0.25) is 5.91 Å². The number of nitrogens with zero attached hydrogens (tertiary/aromatic N) is 2. The van der Waals surface area contributed by atoms with Crippen LogP contribution in [0.1, 0.15) is 22.3 Å². The van der Waals surface area contributed by atoms with E-state index in [0.717, 1.165) is 12.8 Å². The van der Waals surface area contributed by atoms with Crippen molar-refractivity contribution in [2.75, 3.05) is 39.9 Å². The highest BCUT2D eigenvalue weighted by Crippen LogP contribution is 2.46. The van der Waals surface area contributed by atoms with E-state index in [2.05, 4.69) is 24.3 Å². The van der Waals surface area contributed by atoms with Crippen molar-refractivity contribution in [3.63, 3.8) is 0 Å². The SMILES string of the molecule is COCC(=O)N1CC2CN(C(=O)c3ccoc3)CC2(CCc2ccccc2)C1. The van der Waals surface area contributed by atoms with Gasteiger partial charge in [0.25, 0.3) is 5.91 Å². The Hall–Kier alpha value is -2.60. The van der Waals surface area contributed by atoms with Crippen molar-refractivity contribution in [2.24, 2.45) is 11.3 Å². The molecule has 0 aliphatic carbocycles. The molecule has 6 heteroatoms. The normalized spacial score (nSPS) is 23.8. The molecule has 6 nitrogen and oxygen atoms in total. The largest absolute Gasteiger partial charge is 0.472 e. The van der Waals surface area contributed by atoms with Gasteiger partial charge in [-0.2, -0.15) is 0 Å². The number of aryl methyl sites for hydroxylation is 1. The lowest BCUT2D eigenvalue weighted by atomic mass is 9.76. The number of carbonyl (C=O) groups excluding carboxylic acids is 2. The molecular formula is C22H26N2O4. The molecule has 4 rings (SSSR count). The molecule has 2 unspecified atom stereocenters. The number of hydrogen-bond acceptors (Lipinski definition) is 4. The Balaban J connectivity index is 1.52. The van der Waals surface area contributed by atoms with Gasteiger partial charge in [0.1, 0.15) is 12.9 Å². The molecule has 2 aliphatic heterocycles. The monoisotopic (exact) mass is 382 g/mol. The maximum absolute atomic E-state index is 12.8. The van der Waals surface area contributed by atoms with Gasteiger partial charge in [-0.25, -0.2) is 0 Å². The molecule has 2 atom stereocenters. The van der Waals surface area contributed by atoms with Gasteiger partial charge in [-0.3, -0.25) is 9.59 Å². The first-order chi connectivity index (χ1) is 13.6. The van der Waals surface area contributed by atoms with E-state index in [-0.39, 0.29) is 29.8 Å². The molecular weight excluding hydrogens is 356 g/mol. The molecule has 2 aromatic rings. The van der Waals surface area contributed by atoms with E-state index in [9.17, 15) is 9.59 Å². The summed E-state index contributed by atoms with van der Waals surface area (Å²) in [5, 5.41) is 0. The highest BCUT2D eigenvalue weighted by atomic mass is 16.5. The van der Waals surface area contributed by atoms with E-state index in [1.807, 2.05) is 15.9 Å². The fourth-order valence-corrected chi connectivity index (χ4v) is 4.70. The van der Waals surface area contributed by atoms with Gasteiger partial charge >= 0.3 is 0 Å². The minimum atomic E-state index is -0.0708. The second kappa shape index (κ2) is 7.80. The van der Waals surface area contributed by atoms with Crippen LogP contribution in [0.15, 0.2) is 53.3 Å². The van der Waals surface area contributed by atoms with Gasteiger partial charge < -0.3 is 19.0 Å². The summed E-state index contributed by atoms with van der Waals surface area (Å²) in [6.07, 6.45) is 4.92. The van der Waals surface area contributed by atoms with Gasteiger partial charge in [0.05, 0.1) is 11.8 Å². The molecule has 0 radical (unpaired) electrons. The van der Waals surface area contributed by atoms with E-state index in [0.29, 0.717) is 31.7 Å². The van der Waals surface area contributed by atoms with Crippen LogP contribution < -0.4 is 0 Å². The van der Waals surface area contributed by atoms with Crippen molar-refractivity contribution >= 4 is 11.8 Å². The fourth-order valence-electron chi connectivity index (χ4n) is 4.70. The number of furan rings is 1. The number of rotatable bonds is 6. The zero-order valence-corrected chi connectivity index (χ0v) is 16.2. The summed E-state index contributed by atoms with van der Waals surface area (Å²) in [6, 6.07) is 12.1. The van der Waals surface area contributed by atoms with Gasteiger partial charge in [0.15, 0.2) is 0 Å². The summed E-state index contributed by atoms with van der Waals surface area (Å²) in [5.74, 6) is 0.327. The molecule has 2 aliphatic rings. The summed E-state index contributed by atoms with van der Waals surface area (Å²) in [6.45, 7) is 2.83. The molecule has 3 heterocycles. The van der Waals surface area contributed by atoms with E-state index in [4.69, 9.17) is 9.15 Å². The van der Waals surface area contributed by atoms with Crippen LogP contribution in [0.4, 0.5) is 0 Å². The molecule has 1 aromatic carbocycles. The Morgan fingerprint density at radius 3 is 2.61 bits per heavy atom. The Labute approximate surface area is 165 Å². The molecule has 148 valence electrons. The minimum absolute atomic E-state index is 0.0111. The Morgan fingerprint density at radius 2 is 1.89 bits per heavy atom. The summed E-state index contributed by atoms with van der Waals surface area (Å²) in [7, 11) is 1.55. The fraction of sp³-hybridized carbons (Fsp3) is 0.455. The third kappa shape index (κ3) is 3.56. The molecule has 2 amide bonds. The summed E-state index contributed by atoms with van der Waals surface area (Å²) in [5.41, 5.74) is 1.81. The molecule has 0 spiro atoms. The van der Waals surface area contributed by atoms with Crippen molar-refractivity contribution in [1.82, 2.24) is 9.80 Å². The van der Waals surface area contributed by atoms with Crippen LogP contribution in [0.3, 0.4) is 0 Å². The predicted molar refractivity (Wildman–Crippen MR) is 104 cm³/mol. The first kappa shape index (κ1) is 18.7. The van der Waals surface area contributed by atoms with Crippen LogP contribution in [0.2, 0.25) is 0 Å². The molecule has 2 fully saturated rings. The Morgan fingerprint density at radius 1 is 1.14 bits per heavy atom. The zero-order chi connectivity index (χ0) is 19.6. The first-order valence-electron chi connectivity index (χ1n) is 9.73. The van der Waals surface area contributed by atoms with Crippen LogP contribution in [-0.4, -0.2) is 61.5 Å². The zero-order valence-electron chi connectivity index (χ0n) is 16.2. The van der Waals surface area contributed by atoms with Gasteiger partial charge in [-0.05, 0) is 24.5 Å². The van der Waals surface area contributed by atoms with Crippen molar-refractivity contribution < 1.29 is 18.7 Å². The third-order valence-corrected chi connectivity index (χ3v) is 6.19. The number of fused-ring (bicyclic) bond motifs is 1. The Kier molecular flexibility index (Phi) is 5.22. The first-order valence-corrected chi connectivity index (χ1v) is 9.73. The van der Waals surface area contributed by atoms with Crippen molar-refractivity contribution in [3.8, 4) is 0 Å². The average Bonchev–Trinajstić information content (AvgIpc) is 3.42. The lowest BCUT2D eigenvalue weighted by Gasteiger charge is -2.29. The number of amides is 2. The van der Waals surface area contributed by atoms with Crippen molar-refractivity contribution in [2.45, 2.75) is 12.8 Å². The second-order valence-electron chi connectivity index (χ2n) is 7.95. The van der Waals surface area contributed by atoms with Crippen LogP contribution >= 0.6 is 0 Å². The molecule has 0 N–H and O–H groups in total. The highest BCUT2D eigenvalue weighted by Gasteiger charge is 2.53. The van der Waals surface area contributed by atoms with E-state index < -0.39 is 0 Å². The second-order valence-corrected chi connectivity index (χ2v) is 7.95. The number of carbonyl (C=O) groups is 2. The quantitative estimate of drug-likeness (QED) is 0.770. The molecule has 0 bridgehead atoms. The van der Waals surface area contributed by atoms with Gasteiger partial charge in [-0.15, -0.1) is 0 Å². The molecule has 2 saturated heterocycles. The smallest absolute Gasteiger partial charge is 0.257 e. The Bertz CT molecular complexity index is 820. The third-order valence-electron chi connectivity index (χ3n) is 6.19. The summed E-state index contributed by atoms with van der Waals surface area (Å²) < 4.78 is 10.1. The number of methoxy groups -OCH3 is 1. The van der Waals surface area contributed by atoms with E-state index in [1.54, 1.807) is 13.2 Å². The highest BCUT2D eigenvalue weighted by molar-refractivity contribution is 5.94. The lowest BCUT2D eigenvalue weighted by Crippen LogP contribution is -2.40. The predicted octanol–water partition coefficient (Wildman–Crippen LogP) is 2.46. The van der Waals surface area contributed by atoms with E-state index >= 15 is 0 Å².